The topological polar surface area (TPSA) is 38.0 Å². The van der Waals surface area contributed by atoms with Crippen molar-refractivity contribution in [2.24, 2.45) is 0 Å². The van der Waals surface area contributed by atoms with Crippen LogP contribution >= 0.6 is 0 Å². The quantitative estimate of drug-likeness (QED) is 0.805. The van der Waals surface area contributed by atoms with Crippen molar-refractivity contribution in [1.29, 1.82) is 0 Å². The number of aliphatic hydroxyl groups excluding tert-OH is 1. The van der Waals surface area contributed by atoms with Gasteiger partial charge in [-0.05, 0) is 6.07 Å². The molecule has 0 radical (unpaired) electrons. The molecule has 0 amide bonds. The standard InChI is InChI=1S/C15H11F3N2O/c16-10-4-2-1-3-9(10)15(21)7-20-8-19-13-5-11(17)12(18)6-14(13)20/h1-6,8,15,21H,7H2. The molecular weight excluding hydrogens is 281 g/mol. The van der Waals surface area contributed by atoms with Crippen molar-refractivity contribution in [1.82, 2.24) is 9.55 Å². The molecule has 3 aromatic rings. The molecule has 3 nitrogen and oxygen atoms in total. The van der Waals surface area contributed by atoms with Crippen molar-refractivity contribution in [3.63, 3.8) is 0 Å². The first kappa shape index (κ1) is 13.6. The van der Waals surface area contributed by atoms with E-state index >= 15 is 0 Å². The summed E-state index contributed by atoms with van der Waals surface area (Å²) in [6.07, 6.45) is 0.241. The normalized spacial score (nSPS) is 12.8. The van der Waals surface area contributed by atoms with Crippen LogP contribution in [-0.4, -0.2) is 14.7 Å². The fourth-order valence-corrected chi connectivity index (χ4v) is 2.23. The first-order valence-electron chi connectivity index (χ1n) is 6.28. The maximum atomic E-state index is 13.6. The van der Waals surface area contributed by atoms with Crippen LogP contribution in [0.5, 0.6) is 0 Å². The van der Waals surface area contributed by atoms with Crippen LogP contribution in [0.2, 0.25) is 0 Å². The van der Waals surface area contributed by atoms with Crippen LogP contribution in [0.25, 0.3) is 11.0 Å². The summed E-state index contributed by atoms with van der Waals surface area (Å²) in [5.41, 5.74) is 0.751. The third kappa shape index (κ3) is 2.50. The van der Waals surface area contributed by atoms with Crippen molar-refractivity contribution >= 4 is 11.0 Å². The predicted molar refractivity (Wildman–Crippen MR) is 71.0 cm³/mol. The molecule has 1 N–H and O–H groups in total. The number of fused-ring (bicyclic) bond motifs is 1. The Hall–Kier alpha value is -2.34. The SMILES string of the molecule is OC(Cn1cnc2cc(F)c(F)cc21)c1ccccc1F. The molecule has 0 spiro atoms. The van der Waals surface area contributed by atoms with E-state index in [4.69, 9.17) is 0 Å². The van der Waals surface area contributed by atoms with E-state index in [0.717, 1.165) is 12.1 Å². The lowest BCUT2D eigenvalue weighted by Crippen LogP contribution is -2.09. The minimum absolute atomic E-state index is 0.0114. The molecule has 21 heavy (non-hydrogen) atoms. The second kappa shape index (κ2) is 5.21. The first-order valence-corrected chi connectivity index (χ1v) is 6.28. The van der Waals surface area contributed by atoms with E-state index in [9.17, 15) is 18.3 Å². The minimum atomic E-state index is -1.11. The highest BCUT2D eigenvalue weighted by atomic mass is 19.2. The highest BCUT2D eigenvalue weighted by molar-refractivity contribution is 5.75. The van der Waals surface area contributed by atoms with Gasteiger partial charge < -0.3 is 9.67 Å². The Morgan fingerprint density at radius 2 is 1.76 bits per heavy atom. The van der Waals surface area contributed by atoms with Gasteiger partial charge in [0.15, 0.2) is 11.6 Å². The molecule has 1 unspecified atom stereocenters. The fraction of sp³-hybridized carbons (Fsp3) is 0.133. The van der Waals surface area contributed by atoms with Crippen molar-refractivity contribution < 1.29 is 18.3 Å². The number of imidazole rings is 1. The number of halogens is 3. The smallest absolute Gasteiger partial charge is 0.161 e. The van der Waals surface area contributed by atoms with Gasteiger partial charge in [0.25, 0.3) is 0 Å². The van der Waals surface area contributed by atoms with Gasteiger partial charge >= 0.3 is 0 Å². The molecule has 2 aromatic carbocycles. The van der Waals surface area contributed by atoms with E-state index in [1.165, 1.54) is 29.1 Å². The summed E-state index contributed by atoms with van der Waals surface area (Å²) in [5, 5.41) is 10.1. The van der Waals surface area contributed by atoms with Gasteiger partial charge in [-0.25, -0.2) is 18.2 Å². The second-order valence-electron chi connectivity index (χ2n) is 4.69. The van der Waals surface area contributed by atoms with E-state index < -0.39 is 23.6 Å². The molecule has 3 rings (SSSR count). The Balaban J connectivity index is 1.95. The Kier molecular flexibility index (Phi) is 3.39. The molecule has 0 saturated carbocycles. The van der Waals surface area contributed by atoms with Crippen LogP contribution in [0.3, 0.4) is 0 Å². The molecule has 0 aliphatic heterocycles. The summed E-state index contributed by atoms with van der Waals surface area (Å²) < 4.78 is 41.5. The summed E-state index contributed by atoms with van der Waals surface area (Å²) in [6, 6.07) is 7.85. The zero-order valence-corrected chi connectivity index (χ0v) is 10.8. The molecule has 1 heterocycles. The number of aliphatic hydroxyl groups is 1. The molecule has 1 atom stereocenters. The molecule has 6 heteroatoms. The molecule has 0 fully saturated rings. The average molecular weight is 292 g/mol. The number of rotatable bonds is 3. The highest BCUT2D eigenvalue weighted by Crippen LogP contribution is 2.22. The van der Waals surface area contributed by atoms with Gasteiger partial charge in [0.2, 0.25) is 0 Å². The maximum Gasteiger partial charge on any atom is 0.161 e. The molecule has 0 bridgehead atoms. The molecule has 0 saturated heterocycles. The van der Waals surface area contributed by atoms with Gasteiger partial charge in [-0.1, -0.05) is 18.2 Å². The van der Waals surface area contributed by atoms with Crippen LogP contribution in [0.4, 0.5) is 13.2 Å². The van der Waals surface area contributed by atoms with Gasteiger partial charge in [0, 0.05) is 17.7 Å². The van der Waals surface area contributed by atoms with Crippen LogP contribution in [0.1, 0.15) is 11.7 Å². The van der Waals surface area contributed by atoms with Crippen molar-refractivity contribution in [3.05, 3.63) is 65.7 Å². The van der Waals surface area contributed by atoms with Gasteiger partial charge in [0.05, 0.1) is 30.0 Å². The predicted octanol–water partition coefficient (Wildman–Crippen LogP) is 3.19. The zero-order chi connectivity index (χ0) is 15.0. The van der Waals surface area contributed by atoms with Crippen LogP contribution in [0, 0.1) is 17.5 Å². The molecule has 1 aromatic heterocycles. The molecule has 108 valence electrons. The Morgan fingerprint density at radius 1 is 1.05 bits per heavy atom. The Bertz CT molecular complexity index is 801. The lowest BCUT2D eigenvalue weighted by molar-refractivity contribution is 0.153. The summed E-state index contributed by atoms with van der Waals surface area (Å²) in [5.74, 6) is -2.50. The van der Waals surface area contributed by atoms with Crippen molar-refractivity contribution in [3.8, 4) is 0 Å². The summed E-state index contributed by atoms with van der Waals surface area (Å²) in [4.78, 5) is 3.94. The number of hydrogen-bond donors (Lipinski definition) is 1. The number of benzene rings is 2. The van der Waals surface area contributed by atoms with Crippen LogP contribution < -0.4 is 0 Å². The average Bonchev–Trinajstić information content (AvgIpc) is 2.82. The van der Waals surface area contributed by atoms with Crippen molar-refractivity contribution in [2.75, 3.05) is 0 Å². The first-order chi connectivity index (χ1) is 10.1. The molecule has 0 aliphatic rings. The van der Waals surface area contributed by atoms with Gasteiger partial charge in [0.1, 0.15) is 5.82 Å². The number of aromatic nitrogens is 2. The highest BCUT2D eigenvalue weighted by Gasteiger charge is 2.15. The summed E-state index contributed by atoms with van der Waals surface area (Å²) >= 11 is 0. The third-order valence-corrected chi connectivity index (χ3v) is 3.30. The Morgan fingerprint density at radius 3 is 2.52 bits per heavy atom. The third-order valence-electron chi connectivity index (χ3n) is 3.30. The lowest BCUT2D eigenvalue weighted by Gasteiger charge is -2.13. The van der Waals surface area contributed by atoms with Gasteiger partial charge in [-0.3, -0.25) is 0 Å². The van der Waals surface area contributed by atoms with E-state index in [1.807, 2.05) is 0 Å². The van der Waals surface area contributed by atoms with Crippen molar-refractivity contribution in [2.45, 2.75) is 12.6 Å². The van der Waals surface area contributed by atoms with Crippen LogP contribution in [0.15, 0.2) is 42.7 Å². The van der Waals surface area contributed by atoms with Crippen LogP contribution in [-0.2, 0) is 6.54 Å². The van der Waals surface area contributed by atoms with E-state index in [2.05, 4.69) is 4.98 Å². The second-order valence-corrected chi connectivity index (χ2v) is 4.69. The molecule has 0 aliphatic carbocycles. The fourth-order valence-electron chi connectivity index (χ4n) is 2.23. The Labute approximate surface area is 118 Å². The summed E-state index contributed by atoms with van der Waals surface area (Å²) in [7, 11) is 0. The van der Waals surface area contributed by atoms with E-state index in [-0.39, 0.29) is 17.6 Å². The lowest BCUT2D eigenvalue weighted by atomic mass is 10.1. The molecular formula is C15H11F3N2O. The van der Waals surface area contributed by atoms with Gasteiger partial charge in [-0.15, -0.1) is 0 Å². The van der Waals surface area contributed by atoms with E-state index in [0.29, 0.717) is 5.52 Å². The number of hydrogen-bond acceptors (Lipinski definition) is 2. The monoisotopic (exact) mass is 292 g/mol. The minimum Gasteiger partial charge on any atom is -0.386 e. The van der Waals surface area contributed by atoms with E-state index in [1.54, 1.807) is 6.07 Å². The largest absolute Gasteiger partial charge is 0.386 e. The van der Waals surface area contributed by atoms with Gasteiger partial charge in [-0.2, -0.15) is 0 Å². The zero-order valence-electron chi connectivity index (χ0n) is 10.8. The number of nitrogens with zero attached hydrogens (tertiary/aromatic N) is 2. The maximum absolute atomic E-state index is 13.6. The summed E-state index contributed by atoms with van der Waals surface area (Å²) in [6.45, 7) is -0.0114.